The van der Waals surface area contributed by atoms with Crippen molar-refractivity contribution in [3.05, 3.63) is 30.1 Å². The molecule has 1 fully saturated rings. The highest BCUT2D eigenvalue weighted by molar-refractivity contribution is 5.09. The van der Waals surface area contributed by atoms with Crippen LogP contribution in [-0.4, -0.2) is 42.2 Å². The summed E-state index contributed by atoms with van der Waals surface area (Å²) in [6, 6.07) is 6.21. The van der Waals surface area contributed by atoms with Gasteiger partial charge in [-0.25, -0.2) is 0 Å². The molecule has 2 heterocycles. The van der Waals surface area contributed by atoms with Crippen molar-refractivity contribution >= 4 is 0 Å². The van der Waals surface area contributed by atoms with E-state index in [2.05, 4.69) is 16.8 Å². The first kappa shape index (κ1) is 12.5. The largest absolute Gasteiger partial charge is 0.377 e. The highest BCUT2D eigenvalue weighted by atomic mass is 16.5. The second-order valence-corrected chi connectivity index (χ2v) is 4.54. The van der Waals surface area contributed by atoms with E-state index in [9.17, 15) is 0 Å². The summed E-state index contributed by atoms with van der Waals surface area (Å²) >= 11 is 0. The Balaban J connectivity index is 2.11. The monoisotopic (exact) mass is 235 g/mol. The lowest BCUT2D eigenvalue weighted by Gasteiger charge is -2.30. The summed E-state index contributed by atoms with van der Waals surface area (Å²) in [4.78, 5) is 6.81. The Morgan fingerprint density at radius 1 is 1.59 bits per heavy atom. The van der Waals surface area contributed by atoms with E-state index in [1.165, 1.54) is 0 Å². The zero-order valence-electron chi connectivity index (χ0n) is 10.4. The van der Waals surface area contributed by atoms with Crippen LogP contribution in [0.5, 0.6) is 0 Å². The van der Waals surface area contributed by atoms with Crippen LogP contribution in [0.15, 0.2) is 24.4 Å². The first-order valence-corrected chi connectivity index (χ1v) is 6.28. The van der Waals surface area contributed by atoms with Crippen LogP contribution in [0.3, 0.4) is 0 Å². The third kappa shape index (κ3) is 3.25. The molecule has 0 amide bonds. The predicted molar refractivity (Wildman–Crippen MR) is 67.6 cm³/mol. The zero-order valence-corrected chi connectivity index (χ0v) is 10.4. The van der Waals surface area contributed by atoms with E-state index in [4.69, 9.17) is 10.5 Å². The van der Waals surface area contributed by atoms with E-state index in [0.29, 0.717) is 6.54 Å². The van der Waals surface area contributed by atoms with Gasteiger partial charge in [-0.05, 0) is 25.5 Å². The van der Waals surface area contributed by atoms with E-state index >= 15 is 0 Å². The van der Waals surface area contributed by atoms with Gasteiger partial charge in [0.15, 0.2) is 0 Å². The fourth-order valence-corrected chi connectivity index (χ4v) is 2.34. The van der Waals surface area contributed by atoms with E-state index in [1.807, 2.05) is 24.4 Å². The van der Waals surface area contributed by atoms with Gasteiger partial charge in [-0.2, -0.15) is 0 Å². The van der Waals surface area contributed by atoms with Gasteiger partial charge in [0.2, 0.25) is 0 Å². The molecule has 94 valence electrons. The Morgan fingerprint density at radius 3 is 3.18 bits per heavy atom. The molecule has 2 atom stereocenters. The molecule has 1 aromatic rings. The molecule has 1 aliphatic rings. The van der Waals surface area contributed by atoms with Crippen LogP contribution >= 0.6 is 0 Å². The quantitative estimate of drug-likeness (QED) is 0.855. The summed E-state index contributed by atoms with van der Waals surface area (Å²) in [6.45, 7) is 5.52. The van der Waals surface area contributed by atoms with Gasteiger partial charge < -0.3 is 10.5 Å². The van der Waals surface area contributed by atoms with Crippen molar-refractivity contribution in [1.82, 2.24) is 9.88 Å². The molecule has 4 heteroatoms. The van der Waals surface area contributed by atoms with Crippen LogP contribution in [0.1, 0.15) is 25.1 Å². The molecule has 1 saturated heterocycles. The summed E-state index contributed by atoms with van der Waals surface area (Å²) in [5.74, 6) is 0. The summed E-state index contributed by atoms with van der Waals surface area (Å²) in [5.41, 5.74) is 6.97. The minimum absolute atomic E-state index is 0.209. The second-order valence-electron chi connectivity index (χ2n) is 4.54. The molecule has 0 aromatic carbocycles. The number of nitrogens with two attached hydrogens (primary N) is 1. The Hall–Kier alpha value is -0.970. The van der Waals surface area contributed by atoms with Gasteiger partial charge in [-0.3, -0.25) is 9.88 Å². The lowest BCUT2D eigenvalue weighted by Crippen LogP contribution is -2.38. The van der Waals surface area contributed by atoms with Crippen molar-refractivity contribution in [3.63, 3.8) is 0 Å². The molecule has 0 bridgehead atoms. The maximum absolute atomic E-state index is 5.91. The van der Waals surface area contributed by atoms with Crippen molar-refractivity contribution in [2.24, 2.45) is 5.73 Å². The standard InChI is InChI=1S/C13H21N3O/c1-11-10-16(7-4-8-17-11)13(9-14)12-5-2-3-6-15-12/h2-3,5-6,11,13H,4,7-10,14H2,1H3. The van der Waals surface area contributed by atoms with Crippen molar-refractivity contribution in [2.45, 2.75) is 25.5 Å². The predicted octanol–water partition coefficient (Wildman–Crippen LogP) is 1.19. The van der Waals surface area contributed by atoms with Crippen molar-refractivity contribution in [3.8, 4) is 0 Å². The topological polar surface area (TPSA) is 51.4 Å². The fraction of sp³-hybridized carbons (Fsp3) is 0.615. The van der Waals surface area contributed by atoms with Crippen LogP contribution in [0.25, 0.3) is 0 Å². The molecule has 17 heavy (non-hydrogen) atoms. The smallest absolute Gasteiger partial charge is 0.0674 e. The average Bonchev–Trinajstić information content (AvgIpc) is 2.56. The molecule has 1 aliphatic heterocycles. The highest BCUT2D eigenvalue weighted by Gasteiger charge is 2.23. The van der Waals surface area contributed by atoms with E-state index < -0.39 is 0 Å². The molecular weight excluding hydrogens is 214 g/mol. The number of pyridine rings is 1. The van der Waals surface area contributed by atoms with Crippen molar-refractivity contribution in [1.29, 1.82) is 0 Å². The maximum Gasteiger partial charge on any atom is 0.0674 e. The molecule has 0 radical (unpaired) electrons. The average molecular weight is 235 g/mol. The van der Waals surface area contributed by atoms with E-state index in [1.54, 1.807) is 0 Å². The van der Waals surface area contributed by atoms with Crippen LogP contribution in [0, 0.1) is 0 Å². The molecule has 1 aromatic heterocycles. The lowest BCUT2D eigenvalue weighted by atomic mass is 10.1. The lowest BCUT2D eigenvalue weighted by molar-refractivity contribution is 0.0608. The normalized spacial score (nSPS) is 24.2. The van der Waals surface area contributed by atoms with Gasteiger partial charge in [0.1, 0.15) is 0 Å². The number of aromatic nitrogens is 1. The maximum atomic E-state index is 5.91. The van der Waals surface area contributed by atoms with Crippen LogP contribution in [0.2, 0.25) is 0 Å². The summed E-state index contributed by atoms with van der Waals surface area (Å²) in [7, 11) is 0. The molecule has 2 rings (SSSR count). The van der Waals surface area contributed by atoms with Gasteiger partial charge in [0.05, 0.1) is 17.8 Å². The number of hydrogen-bond acceptors (Lipinski definition) is 4. The SMILES string of the molecule is CC1CN(C(CN)c2ccccn2)CCCO1. The molecule has 0 spiro atoms. The highest BCUT2D eigenvalue weighted by Crippen LogP contribution is 2.20. The zero-order chi connectivity index (χ0) is 12.1. The van der Waals surface area contributed by atoms with Gasteiger partial charge in [-0.1, -0.05) is 6.07 Å². The summed E-state index contributed by atoms with van der Waals surface area (Å²) in [5, 5.41) is 0. The number of nitrogens with zero attached hydrogens (tertiary/aromatic N) is 2. The molecule has 2 unspecified atom stereocenters. The first-order chi connectivity index (χ1) is 8.31. The van der Waals surface area contributed by atoms with Crippen LogP contribution in [0.4, 0.5) is 0 Å². The van der Waals surface area contributed by atoms with Crippen molar-refractivity contribution < 1.29 is 4.74 Å². The van der Waals surface area contributed by atoms with E-state index in [0.717, 1.165) is 31.8 Å². The van der Waals surface area contributed by atoms with Crippen molar-refractivity contribution in [2.75, 3.05) is 26.2 Å². The number of rotatable bonds is 3. The Bertz CT molecular complexity index is 331. The number of ether oxygens (including phenoxy) is 1. The molecular formula is C13H21N3O. The van der Waals surface area contributed by atoms with Crippen LogP contribution < -0.4 is 5.73 Å². The Labute approximate surface area is 103 Å². The third-order valence-electron chi connectivity index (χ3n) is 3.18. The first-order valence-electron chi connectivity index (χ1n) is 6.28. The van der Waals surface area contributed by atoms with Gasteiger partial charge >= 0.3 is 0 Å². The molecule has 0 aliphatic carbocycles. The van der Waals surface area contributed by atoms with Gasteiger partial charge in [0.25, 0.3) is 0 Å². The van der Waals surface area contributed by atoms with Gasteiger partial charge in [-0.15, -0.1) is 0 Å². The molecule has 4 nitrogen and oxygen atoms in total. The second kappa shape index (κ2) is 6.10. The molecule has 0 saturated carbocycles. The third-order valence-corrected chi connectivity index (χ3v) is 3.18. The minimum atomic E-state index is 0.209. The Morgan fingerprint density at radius 2 is 2.47 bits per heavy atom. The van der Waals surface area contributed by atoms with Crippen LogP contribution in [-0.2, 0) is 4.74 Å². The van der Waals surface area contributed by atoms with E-state index in [-0.39, 0.29) is 12.1 Å². The molecule has 2 N–H and O–H groups in total. The Kier molecular flexibility index (Phi) is 4.48. The minimum Gasteiger partial charge on any atom is -0.377 e. The number of hydrogen-bond donors (Lipinski definition) is 1. The summed E-state index contributed by atoms with van der Waals surface area (Å²) < 4.78 is 5.66. The fourth-order valence-electron chi connectivity index (χ4n) is 2.34. The summed E-state index contributed by atoms with van der Waals surface area (Å²) in [6.07, 6.45) is 3.17. The van der Waals surface area contributed by atoms with Gasteiger partial charge in [0, 0.05) is 32.4 Å².